The molecule has 3 heteroatoms. The summed E-state index contributed by atoms with van der Waals surface area (Å²) in [7, 11) is 4.22. The lowest BCUT2D eigenvalue weighted by molar-refractivity contribution is -0.108. The molecule has 3 nitrogen and oxygen atoms in total. The van der Waals surface area contributed by atoms with Crippen molar-refractivity contribution < 1.29 is 4.79 Å². The molecule has 0 bridgehead atoms. The zero-order valence-electron chi connectivity index (χ0n) is 23.0. The number of ketones is 1. The lowest BCUT2D eigenvalue weighted by Crippen LogP contribution is -2.22. The number of hydrogen-bond acceptors (Lipinski definition) is 3. The molecule has 38 heavy (non-hydrogen) atoms. The number of Topliss-reactive ketones (excluding diaryl/α,β-unsaturated/α-hetero) is 1. The molecule has 0 unspecified atom stereocenters. The molecular weight excluding hydrogens is 464 g/mol. The molecule has 3 aromatic rings. The van der Waals surface area contributed by atoms with E-state index in [2.05, 4.69) is 124 Å². The Hall–Kier alpha value is -4.11. The van der Waals surface area contributed by atoms with Gasteiger partial charge in [-0.15, -0.1) is 0 Å². The van der Waals surface area contributed by atoms with Gasteiger partial charge in [-0.1, -0.05) is 88.4 Å². The molecule has 0 atom stereocenters. The van der Waals surface area contributed by atoms with Crippen molar-refractivity contribution in [2.75, 3.05) is 23.9 Å². The van der Waals surface area contributed by atoms with Crippen LogP contribution >= 0.6 is 0 Å². The number of likely N-dealkylation sites (N-methyl/N-ethyl adjacent to an activating group) is 2. The number of anilines is 2. The van der Waals surface area contributed by atoms with E-state index in [0.717, 1.165) is 22.3 Å². The fraction of sp³-hybridized carbons (Fsp3) is 0.229. The molecule has 0 N–H and O–H groups in total. The highest BCUT2D eigenvalue weighted by Gasteiger charge is 2.39. The van der Waals surface area contributed by atoms with E-state index in [-0.39, 0.29) is 16.6 Å². The van der Waals surface area contributed by atoms with Crippen LogP contribution in [0.5, 0.6) is 0 Å². The average molecular weight is 499 g/mol. The smallest absolute Gasteiger partial charge is 0.194 e. The second-order valence-electron chi connectivity index (χ2n) is 11.5. The number of nitrogens with zero attached hydrogens (tertiary/aromatic N) is 2. The summed E-state index contributed by atoms with van der Waals surface area (Å²) in [6, 6.07) is 25.2. The van der Waals surface area contributed by atoms with Crippen LogP contribution in [0.4, 0.5) is 11.4 Å². The summed E-state index contributed by atoms with van der Waals surface area (Å²) in [5.74, 6) is 0.0758. The van der Waals surface area contributed by atoms with Crippen LogP contribution in [0, 0.1) is 0 Å². The van der Waals surface area contributed by atoms with Crippen molar-refractivity contribution in [2.45, 2.75) is 38.5 Å². The predicted octanol–water partition coefficient (Wildman–Crippen LogP) is 7.66. The van der Waals surface area contributed by atoms with Crippen LogP contribution in [-0.4, -0.2) is 19.9 Å². The van der Waals surface area contributed by atoms with Crippen LogP contribution in [0.2, 0.25) is 0 Å². The van der Waals surface area contributed by atoms with Crippen LogP contribution in [0.3, 0.4) is 0 Å². The van der Waals surface area contributed by atoms with Crippen LogP contribution in [0.1, 0.15) is 49.9 Å². The van der Waals surface area contributed by atoms with E-state index < -0.39 is 0 Å². The number of fused-ring (bicyclic) bond motifs is 3. The van der Waals surface area contributed by atoms with Crippen molar-refractivity contribution in [1.29, 1.82) is 0 Å². The summed E-state index contributed by atoms with van der Waals surface area (Å²) in [6.07, 6.45) is 8.32. The molecule has 1 aliphatic carbocycles. The molecule has 2 heterocycles. The van der Waals surface area contributed by atoms with Gasteiger partial charge in [-0.2, -0.15) is 0 Å². The van der Waals surface area contributed by atoms with Crippen molar-refractivity contribution in [1.82, 2.24) is 0 Å². The first-order valence-corrected chi connectivity index (χ1v) is 13.3. The van der Waals surface area contributed by atoms with E-state index in [9.17, 15) is 4.79 Å². The SMILES string of the molecule is CN1/C(=C/C=C2/C(=O)/C(=C/C=C3/N(C)c4ccccc4C3(C)C)c3ccccc32)C(C)(C)c2ccccc21. The first kappa shape index (κ1) is 24.2. The van der Waals surface area contributed by atoms with E-state index in [1.165, 1.54) is 33.9 Å². The molecule has 2 aliphatic heterocycles. The quantitative estimate of drug-likeness (QED) is 0.339. The molecule has 0 amide bonds. The minimum atomic E-state index is -0.139. The van der Waals surface area contributed by atoms with Crippen LogP contribution in [0.15, 0.2) is 108 Å². The van der Waals surface area contributed by atoms with Crippen LogP contribution in [-0.2, 0) is 15.6 Å². The molecule has 0 saturated heterocycles. The topological polar surface area (TPSA) is 23.6 Å². The maximum absolute atomic E-state index is 13.9. The van der Waals surface area contributed by atoms with Gasteiger partial charge in [0, 0.05) is 58.8 Å². The van der Waals surface area contributed by atoms with E-state index in [0.29, 0.717) is 0 Å². The van der Waals surface area contributed by atoms with Gasteiger partial charge in [0.2, 0.25) is 0 Å². The number of rotatable bonds is 2. The number of para-hydroxylation sites is 2. The van der Waals surface area contributed by atoms with Crippen LogP contribution < -0.4 is 9.80 Å². The van der Waals surface area contributed by atoms with Crippen molar-refractivity contribution in [3.63, 3.8) is 0 Å². The number of allylic oxidation sites excluding steroid dienone is 8. The Morgan fingerprint density at radius 2 is 0.921 bits per heavy atom. The maximum atomic E-state index is 13.9. The van der Waals surface area contributed by atoms with Gasteiger partial charge in [-0.05, 0) is 58.7 Å². The molecule has 6 rings (SSSR count). The van der Waals surface area contributed by atoms with Gasteiger partial charge in [-0.3, -0.25) is 4.79 Å². The molecule has 0 radical (unpaired) electrons. The third kappa shape index (κ3) is 3.38. The Kier molecular flexibility index (Phi) is 5.39. The number of hydrogen-bond donors (Lipinski definition) is 0. The standard InChI is InChI=1S/C35H34N2O/c1-34(2)27-15-9-11-17-29(27)36(5)31(34)21-19-25-23-13-7-8-14-24(23)26(33(25)38)20-22-32-35(3,4)28-16-10-12-18-30(28)37(32)6/h7-22H,1-6H3/b25-19+,26-20+,31-21+,32-22+. The lowest BCUT2D eigenvalue weighted by Gasteiger charge is -2.23. The van der Waals surface area contributed by atoms with Gasteiger partial charge in [0.1, 0.15) is 0 Å². The predicted molar refractivity (Wildman–Crippen MR) is 159 cm³/mol. The average Bonchev–Trinajstić information content (AvgIpc) is 3.37. The summed E-state index contributed by atoms with van der Waals surface area (Å²) in [5.41, 5.74) is 10.6. The minimum absolute atomic E-state index is 0.0758. The maximum Gasteiger partial charge on any atom is 0.194 e. The van der Waals surface area contributed by atoms with Gasteiger partial charge in [0.05, 0.1) is 0 Å². The van der Waals surface area contributed by atoms with Crippen molar-refractivity contribution >= 4 is 28.3 Å². The van der Waals surface area contributed by atoms with Crippen LogP contribution in [0.25, 0.3) is 11.1 Å². The molecular formula is C35H34N2O. The van der Waals surface area contributed by atoms with E-state index in [4.69, 9.17) is 0 Å². The minimum Gasteiger partial charge on any atom is -0.347 e. The van der Waals surface area contributed by atoms with Crippen molar-refractivity contribution in [3.8, 4) is 0 Å². The van der Waals surface area contributed by atoms with Gasteiger partial charge in [0.15, 0.2) is 5.78 Å². The number of benzene rings is 3. The largest absolute Gasteiger partial charge is 0.347 e. The summed E-state index contributed by atoms with van der Waals surface area (Å²) < 4.78 is 0. The second kappa shape index (κ2) is 8.46. The normalized spacial score (nSPS) is 23.1. The van der Waals surface area contributed by atoms with E-state index >= 15 is 0 Å². The van der Waals surface area contributed by atoms with Gasteiger partial charge in [0.25, 0.3) is 0 Å². The molecule has 0 spiro atoms. The van der Waals surface area contributed by atoms with Gasteiger partial charge >= 0.3 is 0 Å². The zero-order valence-corrected chi connectivity index (χ0v) is 23.0. The summed E-state index contributed by atoms with van der Waals surface area (Å²) in [4.78, 5) is 18.4. The number of carbonyl (C=O) groups is 1. The van der Waals surface area contributed by atoms with Crippen molar-refractivity contribution in [2.24, 2.45) is 0 Å². The fourth-order valence-corrected chi connectivity index (χ4v) is 6.60. The Bertz CT molecular complexity index is 1490. The summed E-state index contributed by atoms with van der Waals surface area (Å²) in [6.45, 7) is 9.00. The molecule has 0 fully saturated rings. The summed E-state index contributed by atoms with van der Waals surface area (Å²) >= 11 is 0. The summed E-state index contributed by atoms with van der Waals surface area (Å²) in [5, 5.41) is 0. The highest BCUT2D eigenvalue weighted by atomic mass is 16.1. The monoisotopic (exact) mass is 498 g/mol. The third-order valence-electron chi connectivity index (χ3n) is 8.69. The Morgan fingerprint density at radius 3 is 1.32 bits per heavy atom. The molecule has 190 valence electrons. The lowest BCUT2D eigenvalue weighted by atomic mass is 9.83. The van der Waals surface area contributed by atoms with Gasteiger partial charge < -0.3 is 9.80 Å². The molecule has 3 aliphatic rings. The van der Waals surface area contributed by atoms with E-state index in [1.807, 2.05) is 24.3 Å². The molecule has 3 aromatic carbocycles. The van der Waals surface area contributed by atoms with Gasteiger partial charge in [-0.25, -0.2) is 0 Å². The molecule has 0 saturated carbocycles. The molecule has 0 aromatic heterocycles. The van der Waals surface area contributed by atoms with E-state index in [1.54, 1.807) is 0 Å². The number of carbonyl (C=O) groups excluding carboxylic acids is 1. The zero-order chi connectivity index (χ0) is 26.8. The highest BCUT2D eigenvalue weighted by Crippen LogP contribution is 2.48. The first-order valence-electron chi connectivity index (χ1n) is 13.3. The Balaban J connectivity index is 1.41. The first-order chi connectivity index (χ1) is 18.1. The van der Waals surface area contributed by atoms with Crippen molar-refractivity contribution in [3.05, 3.63) is 131 Å². The second-order valence-corrected chi connectivity index (χ2v) is 11.5. The fourth-order valence-electron chi connectivity index (χ4n) is 6.60. The Labute approximate surface area is 226 Å². The Morgan fingerprint density at radius 1 is 0.553 bits per heavy atom. The highest BCUT2D eigenvalue weighted by molar-refractivity contribution is 6.47. The third-order valence-corrected chi connectivity index (χ3v) is 8.69.